The number of carbonyl (C=O) groups is 1. The number of rotatable bonds is 7. The third-order valence-corrected chi connectivity index (χ3v) is 6.43. The lowest BCUT2D eigenvalue weighted by atomic mass is 10.0. The van der Waals surface area contributed by atoms with E-state index in [1.165, 1.54) is 0 Å². The molecule has 3 aromatic rings. The number of aliphatic hydroxyl groups excluding tert-OH is 1. The summed E-state index contributed by atoms with van der Waals surface area (Å²) in [6.45, 7) is 0. The summed E-state index contributed by atoms with van der Waals surface area (Å²) in [5.74, 6) is -0.581. The van der Waals surface area contributed by atoms with Crippen molar-refractivity contribution in [3.63, 3.8) is 0 Å². The molecule has 164 valence electrons. The van der Waals surface area contributed by atoms with Gasteiger partial charge in [0.15, 0.2) is 5.78 Å². The monoisotopic (exact) mass is 476 g/mol. The molecule has 1 unspecified atom stereocenters. The van der Waals surface area contributed by atoms with Crippen molar-refractivity contribution < 1.29 is 22.9 Å². The van der Waals surface area contributed by atoms with Crippen molar-refractivity contribution in [1.29, 1.82) is 0 Å². The van der Waals surface area contributed by atoms with E-state index in [2.05, 4.69) is 0 Å². The molecular formula is C23H24O5S3. The molecule has 0 aromatic heterocycles. The maximum absolute atomic E-state index is 12.2. The minimum atomic E-state index is -3.88. The summed E-state index contributed by atoms with van der Waals surface area (Å²) in [5.41, 5.74) is 1.75. The van der Waals surface area contributed by atoms with Gasteiger partial charge in [-0.1, -0.05) is 54.6 Å². The van der Waals surface area contributed by atoms with Crippen LogP contribution in [0.4, 0.5) is 0 Å². The number of benzene rings is 3. The van der Waals surface area contributed by atoms with Gasteiger partial charge in [0, 0.05) is 15.4 Å². The number of hydrogen-bond donors (Lipinski definition) is 2. The van der Waals surface area contributed by atoms with E-state index in [0.29, 0.717) is 16.7 Å². The van der Waals surface area contributed by atoms with Crippen molar-refractivity contribution in [2.45, 2.75) is 21.6 Å². The molecule has 3 aromatic carbocycles. The molecule has 31 heavy (non-hydrogen) atoms. The van der Waals surface area contributed by atoms with Crippen molar-refractivity contribution in [3.8, 4) is 0 Å². The third-order valence-electron chi connectivity index (χ3n) is 4.25. The van der Waals surface area contributed by atoms with E-state index < -0.39 is 16.2 Å². The largest absolute Gasteiger partial charge is 0.380 e. The number of thioether (sulfide) groups is 2. The average molecular weight is 477 g/mol. The SMILES string of the molecule is CSc1ccc(C(=O)C(O)c2ccc(SC)cc2)cc1.O=S(=O)(O)Cc1ccccc1. The molecule has 3 rings (SSSR count). The molecule has 2 N–H and O–H groups in total. The molecular weight excluding hydrogens is 452 g/mol. The van der Waals surface area contributed by atoms with Crippen LogP contribution in [0.15, 0.2) is 88.7 Å². The van der Waals surface area contributed by atoms with E-state index in [1.54, 1.807) is 78.1 Å². The molecule has 0 heterocycles. The predicted octanol–water partition coefficient (Wildman–Crippen LogP) is 5.12. The van der Waals surface area contributed by atoms with Crippen LogP contribution in [0.2, 0.25) is 0 Å². The molecule has 0 aliphatic carbocycles. The Balaban J connectivity index is 0.000000262. The highest BCUT2D eigenvalue weighted by molar-refractivity contribution is 7.98. The molecule has 1 atom stereocenters. The van der Waals surface area contributed by atoms with Gasteiger partial charge in [0.2, 0.25) is 0 Å². The van der Waals surface area contributed by atoms with Gasteiger partial charge in [-0.05, 0) is 47.9 Å². The Labute approximate surface area is 191 Å². The Morgan fingerprint density at radius 3 is 1.77 bits per heavy atom. The van der Waals surface area contributed by atoms with Gasteiger partial charge in [-0.15, -0.1) is 23.5 Å². The number of carbonyl (C=O) groups excluding carboxylic acids is 1. The Bertz CT molecular complexity index is 1060. The van der Waals surface area contributed by atoms with E-state index in [-0.39, 0.29) is 11.5 Å². The molecule has 0 bridgehead atoms. The van der Waals surface area contributed by atoms with Gasteiger partial charge >= 0.3 is 0 Å². The molecule has 0 aliphatic rings. The topological polar surface area (TPSA) is 91.7 Å². The Morgan fingerprint density at radius 2 is 1.32 bits per heavy atom. The number of ketones is 1. The number of Topliss-reactive ketones (excluding diaryl/α,β-unsaturated/α-hetero) is 1. The van der Waals surface area contributed by atoms with Crippen molar-refractivity contribution in [2.24, 2.45) is 0 Å². The Hall–Kier alpha value is -2.10. The van der Waals surface area contributed by atoms with Crippen LogP contribution >= 0.6 is 23.5 Å². The van der Waals surface area contributed by atoms with Crippen LogP contribution in [0.25, 0.3) is 0 Å². The average Bonchev–Trinajstić information content (AvgIpc) is 2.78. The van der Waals surface area contributed by atoms with Crippen LogP contribution in [0, 0.1) is 0 Å². The first-order chi connectivity index (χ1) is 14.7. The molecule has 0 spiro atoms. The van der Waals surface area contributed by atoms with Gasteiger partial charge in [-0.25, -0.2) is 0 Å². The van der Waals surface area contributed by atoms with Crippen molar-refractivity contribution in [2.75, 3.05) is 12.5 Å². The zero-order chi connectivity index (χ0) is 22.9. The molecule has 0 aliphatic heterocycles. The third kappa shape index (κ3) is 8.51. The number of hydrogen-bond acceptors (Lipinski definition) is 6. The smallest absolute Gasteiger partial charge is 0.269 e. The second kappa shape index (κ2) is 12.1. The predicted molar refractivity (Wildman–Crippen MR) is 127 cm³/mol. The summed E-state index contributed by atoms with van der Waals surface area (Å²) in [6.07, 6.45) is 2.87. The summed E-state index contributed by atoms with van der Waals surface area (Å²) in [5, 5.41) is 10.2. The van der Waals surface area contributed by atoms with Crippen LogP contribution in [0.3, 0.4) is 0 Å². The standard InChI is InChI=1S/C16H16O2S2.C7H8O3S/c1-19-13-7-3-11(4-8-13)15(17)16(18)12-5-9-14(20-2)10-6-12;8-11(9,10)6-7-4-2-1-3-5-7/h3-10,15,17H,1-2H3;1-5H,6H2,(H,8,9,10). The van der Waals surface area contributed by atoms with Crippen molar-refractivity contribution >= 4 is 39.4 Å². The lowest BCUT2D eigenvalue weighted by molar-refractivity contribution is 0.0747. The van der Waals surface area contributed by atoms with E-state index in [4.69, 9.17) is 4.55 Å². The summed E-state index contributed by atoms with van der Waals surface area (Å²) in [4.78, 5) is 14.4. The fraction of sp³-hybridized carbons (Fsp3) is 0.174. The normalized spacial score (nSPS) is 11.9. The molecule has 0 amide bonds. The highest BCUT2D eigenvalue weighted by Crippen LogP contribution is 2.23. The van der Waals surface area contributed by atoms with E-state index >= 15 is 0 Å². The van der Waals surface area contributed by atoms with E-state index in [0.717, 1.165) is 9.79 Å². The second-order valence-corrected chi connectivity index (χ2v) is 9.69. The maximum Gasteiger partial charge on any atom is 0.269 e. The first-order valence-electron chi connectivity index (χ1n) is 9.23. The van der Waals surface area contributed by atoms with Crippen molar-refractivity contribution in [3.05, 3.63) is 95.6 Å². The van der Waals surface area contributed by atoms with Gasteiger partial charge in [0.25, 0.3) is 10.1 Å². The van der Waals surface area contributed by atoms with Crippen molar-refractivity contribution in [1.82, 2.24) is 0 Å². The Morgan fingerprint density at radius 1 is 0.839 bits per heavy atom. The van der Waals surface area contributed by atoms with E-state index in [1.807, 2.05) is 36.8 Å². The molecule has 0 radical (unpaired) electrons. The molecule has 5 nitrogen and oxygen atoms in total. The fourth-order valence-electron chi connectivity index (χ4n) is 2.64. The lowest BCUT2D eigenvalue weighted by Gasteiger charge is -2.11. The minimum absolute atomic E-state index is 0.269. The van der Waals surface area contributed by atoms with Gasteiger partial charge in [-0.3, -0.25) is 9.35 Å². The quantitative estimate of drug-likeness (QED) is 0.278. The van der Waals surface area contributed by atoms with Crippen LogP contribution in [-0.4, -0.2) is 36.4 Å². The fourth-order valence-corrected chi connectivity index (χ4v) is 4.07. The van der Waals surface area contributed by atoms with Gasteiger partial charge in [-0.2, -0.15) is 8.42 Å². The van der Waals surface area contributed by atoms with E-state index in [9.17, 15) is 18.3 Å². The molecule has 0 saturated carbocycles. The van der Waals surface area contributed by atoms with Gasteiger partial charge in [0.1, 0.15) is 11.9 Å². The summed E-state index contributed by atoms with van der Waals surface area (Å²) < 4.78 is 29.2. The zero-order valence-electron chi connectivity index (χ0n) is 17.1. The van der Waals surface area contributed by atoms with Crippen LogP contribution < -0.4 is 0 Å². The maximum atomic E-state index is 12.2. The lowest BCUT2D eigenvalue weighted by Crippen LogP contribution is -2.12. The molecule has 0 fully saturated rings. The number of aliphatic hydroxyl groups is 1. The highest BCUT2D eigenvalue weighted by Gasteiger charge is 2.19. The second-order valence-electron chi connectivity index (χ2n) is 6.48. The van der Waals surface area contributed by atoms with Crippen LogP contribution in [0.5, 0.6) is 0 Å². The Kier molecular flexibility index (Phi) is 9.80. The highest BCUT2D eigenvalue weighted by atomic mass is 32.2. The molecule has 0 saturated heterocycles. The van der Waals surface area contributed by atoms with Crippen LogP contribution in [-0.2, 0) is 15.9 Å². The molecule has 8 heteroatoms. The zero-order valence-corrected chi connectivity index (χ0v) is 19.6. The van der Waals surface area contributed by atoms with Gasteiger partial charge < -0.3 is 5.11 Å². The summed E-state index contributed by atoms with van der Waals surface area (Å²) in [6, 6.07) is 23.2. The van der Waals surface area contributed by atoms with Crippen LogP contribution in [0.1, 0.15) is 27.6 Å². The first-order valence-corrected chi connectivity index (χ1v) is 13.3. The van der Waals surface area contributed by atoms with Gasteiger partial charge in [0.05, 0.1) is 0 Å². The summed E-state index contributed by atoms with van der Waals surface area (Å²) in [7, 11) is -3.88. The minimum Gasteiger partial charge on any atom is -0.380 e. The summed E-state index contributed by atoms with van der Waals surface area (Å²) >= 11 is 3.25. The first kappa shape index (κ1) is 25.2.